The highest BCUT2D eigenvalue weighted by atomic mass is 35.5. The zero-order chi connectivity index (χ0) is 14.2. The lowest BCUT2D eigenvalue weighted by atomic mass is 10.1. The third kappa shape index (κ3) is 2.08. The summed E-state index contributed by atoms with van der Waals surface area (Å²) in [6.07, 6.45) is 1.55. The lowest BCUT2D eigenvalue weighted by molar-refractivity contribution is 0.422. The monoisotopic (exact) mass is 301 g/mol. The van der Waals surface area contributed by atoms with Crippen molar-refractivity contribution in [2.24, 2.45) is 4.99 Å². The van der Waals surface area contributed by atoms with Crippen LogP contribution in [0.25, 0.3) is 22.2 Å². The maximum absolute atomic E-state index is 6.26. The summed E-state index contributed by atoms with van der Waals surface area (Å²) >= 11 is 6.26. The lowest BCUT2D eigenvalue weighted by Gasteiger charge is -2.07. The van der Waals surface area contributed by atoms with Gasteiger partial charge in [-0.2, -0.15) is 5.10 Å². The average Bonchev–Trinajstić information content (AvgIpc) is 3.22. The summed E-state index contributed by atoms with van der Waals surface area (Å²) in [6, 6.07) is 7.70. The van der Waals surface area contributed by atoms with Crippen LogP contribution >= 0.6 is 11.6 Å². The Morgan fingerprint density at radius 3 is 3.05 bits per heavy atom. The minimum absolute atomic E-state index is 0.481. The number of para-hydroxylation sites is 1. The summed E-state index contributed by atoms with van der Waals surface area (Å²) in [7, 11) is 0. The Bertz CT molecular complexity index is 821. The predicted molar refractivity (Wildman–Crippen MR) is 80.5 cm³/mol. The van der Waals surface area contributed by atoms with Crippen LogP contribution in [0.1, 0.15) is 0 Å². The van der Waals surface area contributed by atoms with Gasteiger partial charge < -0.3 is 9.84 Å². The third-order valence-corrected chi connectivity index (χ3v) is 3.76. The zero-order valence-electron chi connectivity index (χ0n) is 11.1. The molecule has 106 valence electrons. The zero-order valence-corrected chi connectivity index (χ0v) is 11.8. The van der Waals surface area contributed by atoms with E-state index in [1.807, 2.05) is 28.9 Å². The number of benzene rings is 1. The van der Waals surface area contributed by atoms with Gasteiger partial charge in [-0.05, 0) is 6.07 Å². The van der Waals surface area contributed by atoms with Crippen molar-refractivity contribution in [3.63, 3.8) is 0 Å². The van der Waals surface area contributed by atoms with Gasteiger partial charge in [-0.3, -0.25) is 9.67 Å². The van der Waals surface area contributed by atoms with E-state index >= 15 is 0 Å². The normalized spacial score (nSPS) is 14.4. The van der Waals surface area contributed by atoms with Gasteiger partial charge >= 0.3 is 0 Å². The molecule has 3 heterocycles. The highest BCUT2D eigenvalue weighted by Gasteiger charge is 2.17. The Kier molecular flexibility index (Phi) is 2.89. The van der Waals surface area contributed by atoms with Crippen LogP contribution in [0.4, 0.5) is 0 Å². The van der Waals surface area contributed by atoms with Gasteiger partial charge in [0.1, 0.15) is 17.8 Å². The SMILES string of the molecule is Clc1nn(CC2=NCCN2)c2c(-c3ccon3)cccc12. The molecule has 0 unspecified atom stereocenters. The molecule has 0 amide bonds. The molecule has 0 saturated heterocycles. The van der Waals surface area contributed by atoms with Crippen LogP contribution in [-0.4, -0.2) is 33.9 Å². The molecule has 4 rings (SSSR count). The van der Waals surface area contributed by atoms with Crippen LogP contribution in [0.3, 0.4) is 0 Å². The largest absolute Gasteiger partial charge is 0.370 e. The van der Waals surface area contributed by atoms with Gasteiger partial charge in [0.15, 0.2) is 5.15 Å². The van der Waals surface area contributed by atoms with Crippen LogP contribution in [0.5, 0.6) is 0 Å². The van der Waals surface area contributed by atoms with Gasteiger partial charge in [0.05, 0.1) is 18.6 Å². The summed E-state index contributed by atoms with van der Waals surface area (Å²) in [4.78, 5) is 4.41. The Labute approximate surface area is 125 Å². The molecule has 21 heavy (non-hydrogen) atoms. The van der Waals surface area contributed by atoms with E-state index in [4.69, 9.17) is 16.1 Å². The maximum atomic E-state index is 6.26. The Morgan fingerprint density at radius 2 is 2.29 bits per heavy atom. The number of nitrogens with one attached hydrogen (secondary N) is 1. The van der Waals surface area contributed by atoms with Gasteiger partial charge in [-0.1, -0.05) is 28.9 Å². The first-order chi connectivity index (χ1) is 10.3. The molecule has 0 bridgehead atoms. The number of nitrogens with zero attached hydrogens (tertiary/aromatic N) is 4. The van der Waals surface area contributed by atoms with Crippen LogP contribution in [-0.2, 0) is 6.54 Å². The molecule has 1 N–H and O–H groups in total. The fourth-order valence-corrected chi connectivity index (χ4v) is 2.81. The van der Waals surface area contributed by atoms with Crippen molar-refractivity contribution in [1.82, 2.24) is 20.3 Å². The highest BCUT2D eigenvalue weighted by molar-refractivity contribution is 6.34. The smallest absolute Gasteiger partial charge is 0.158 e. The summed E-state index contributed by atoms with van der Waals surface area (Å²) in [6.45, 7) is 2.24. The topological polar surface area (TPSA) is 68.2 Å². The molecular weight excluding hydrogens is 290 g/mol. The quantitative estimate of drug-likeness (QED) is 0.806. The first kappa shape index (κ1) is 12.4. The second-order valence-corrected chi connectivity index (χ2v) is 5.15. The van der Waals surface area contributed by atoms with E-state index in [1.54, 1.807) is 6.26 Å². The van der Waals surface area contributed by atoms with Gasteiger partial charge in [-0.25, -0.2) is 0 Å². The van der Waals surface area contributed by atoms with E-state index in [-0.39, 0.29) is 0 Å². The number of fused-ring (bicyclic) bond motifs is 1. The first-order valence-electron chi connectivity index (χ1n) is 6.66. The molecule has 1 aliphatic rings. The Balaban J connectivity index is 1.90. The second kappa shape index (κ2) is 4.89. The lowest BCUT2D eigenvalue weighted by Crippen LogP contribution is -2.24. The van der Waals surface area contributed by atoms with Gasteiger partial charge in [0.2, 0.25) is 0 Å². The number of aromatic nitrogens is 3. The number of hydrogen-bond donors (Lipinski definition) is 1. The minimum atomic E-state index is 0.481. The van der Waals surface area contributed by atoms with Crippen molar-refractivity contribution >= 4 is 28.3 Å². The van der Waals surface area contributed by atoms with E-state index in [9.17, 15) is 0 Å². The first-order valence-corrected chi connectivity index (χ1v) is 7.04. The van der Waals surface area contributed by atoms with Crippen molar-refractivity contribution < 1.29 is 4.52 Å². The summed E-state index contributed by atoms with van der Waals surface area (Å²) < 4.78 is 6.81. The molecule has 0 fully saturated rings. The van der Waals surface area contributed by atoms with Gasteiger partial charge in [-0.15, -0.1) is 0 Å². The third-order valence-electron chi connectivity index (χ3n) is 3.48. The minimum Gasteiger partial charge on any atom is -0.370 e. The van der Waals surface area contributed by atoms with Gasteiger partial charge in [0, 0.05) is 23.6 Å². The Hall–Kier alpha value is -2.34. The number of hydrogen-bond acceptors (Lipinski definition) is 5. The van der Waals surface area contributed by atoms with Crippen molar-refractivity contribution in [2.75, 3.05) is 13.1 Å². The second-order valence-electron chi connectivity index (χ2n) is 4.79. The van der Waals surface area contributed by atoms with Crippen LogP contribution in [0.2, 0.25) is 5.15 Å². The van der Waals surface area contributed by atoms with E-state index < -0.39 is 0 Å². The number of amidine groups is 1. The Morgan fingerprint density at radius 1 is 1.33 bits per heavy atom. The summed E-state index contributed by atoms with van der Waals surface area (Å²) in [5.74, 6) is 0.922. The molecule has 0 radical (unpaired) electrons. The molecule has 0 atom stereocenters. The van der Waals surface area contributed by atoms with Crippen molar-refractivity contribution in [3.8, 4) is 11.3 Å². The van der Waals surface area contributed by atoms with E-state index in [2.05, 4.69) is 20.6 Å². The molecule has 2 aromatic heterocycles. The molecule has 0 spiro atoms. The van der Waals surface area contributed by atoms with E-state index in [1.165, 1.54) is 0 Å². The van der Waals surface area contributed by atoms with E-state index in [0.717, 1.165) is 41.1 Å². The fourth-order valence-electron chi connectivity index (χ4n) is 2.57. The van der Waals surface area contributed by atoms with Crippen LogP contribution in [0, 0.1) is 0 Å². The molecule has 0 aliphatic carbocycles. The highest BCUT2D eigenvalue weighted by Crippen LogP contribution is 2.31. The van der Waals surface area contributed by atoms with Crippen LogP contribution in [0.15, 0.2) is 40.0 Å². The molecule has 6 nitrogen and oxygen atoms in total. The van der Waals surface area contributed by atoms with Crippen molar-refractivity contribution in [3.05, 3.63) is 35.7 Å². The molecule has 7 heteroatoms. The molecular formula is C14H12ClN5O. The average molecular weight is 302 g/mol. The fraction of sp³-hybridized carbons (Fsp3) is 0.214. The maximum Gasteiger partial charge on any atom is 0.158 e. The van der Waals surface area contributed by atoms with Gasteiger partial charge in [0.25, 0.3) is 0 Å². The molecule has 1 aromatic carbocycles. The van der Waals surface area contributed by atoms with E-state index in [0.29, 0.717) is 11.7 Å². The standard InChI is InChI=1S/C14H12ClN5O/c15-14-10-3-1-2-9(11-4-7-21-19-11)13(10)20(18-14)8-12-16-5-6-17-12/h1-4,7H,5-6,8H2,(H,16,17). The number of halogens is 1. The summed E-state index contributed by atoms with van der Waals surface area (Å²) in [5.41, 5.74) is 2.65. The molecule has 3 aromatic rings. The van der Waals surface area contributed by atoms with Crippen molar-refractivity contribution in [2.45, 2.75) is 6.54 Å². The van der Waals surface area contributed by atoms with Crippen molar-refractivity contribution in [1.29, 1.82) is 0 Å². The van der Waals surface area contributed by atoms with Crippen LogP contribution < -0.4 is 5.32 Å². The summed E-state index contributed by atoms with van der Waals surface area (Å²) in [5, 5.41) is 13.1. The molecule has 0 saturated carbocycles. The predicted octanol–water partition coefficient (Wildman–Crippen LogP) is 2.35. The number of rotatable bonds is 3. The molecule has 1 aliphatic heterocycles. The number of aliphatic imine (C=N–C) groups is 1.